The Labute approximate surface area is 152 Å². The van der Waals surface area contributed by atoms with Gasteiger partial charge in [0, 0.05) is 18.5 Å². The fraction of sp³-hybridized carbons (Fsp3) is 0.471. The average Bonchev–Trinajstić information content (AvgIpc) is 3.13. The number of rotatable bonds is 1. The minimum Gasteiger partial charge on any atom is -0.357 e. The van der Waals surface area contributed by atoms with Gasteiger partial charge in [-0.1, -0.05) is 13.8 Å². The number of urea groups is 1. The summed E-state index contributed by atoms with van der Waals surface area (Å²) >= 11 is 0. The van der Waals surface area contributed by atoms with Crippen LogP contribution in [0, 0.1) is 5.41 Å². The number of hydrogen-bond donors (Lipinski definition) is 2. The zero-order chi connectivity index (χ0) is 19.6. The smallest absolute Gasteiger partial charge is 0.357 e. The van der Waals surface area contributed by atoms with Gasteiger partial charge in [0.2, 0.25) is 0 Å². The van der Waals surface area contributed by atoms with Crippen molar-refractivity contribution in [2.24, 2.45) is 5.41 Å². The first kappa shape index (κ1) is 17.6. The summed E-state index contributed by atoms with van der Waals surface area (Å²) in [7, 11) is 0. The molecule has 144 valence electrons. The third kappa shape index (κ3) is 2.54. The highest BCUT2D eigenvalue weighted by molar-refractivity contribution is 6.07. The largest absolute Gasteiger partial charge is 0.416 e. The van der Waals surface area contributed by atoms with Gasteiger partial charge in [0.25, 0.3) is 5.91 Å². The number of halogens is 3. The Morgan fingerprint density at radius 1 is 1.22 bits per heavy atom. The van der Waals surface area contributed by atoms with Crippen LogP contribution in [0.15, 0.2) is 24.7 Å². The van der Waals surface area contributed by atoms with Crippen molar-refractivity contribution in [2.45, 2.75) is 32.0 Å². The first-order chi connectivity index (χ1) is 12.5. The van der Waals surface area contributed by atoms with Gasteiger partial charge in [-0.25, -0.2) is 9.78 Å². The van der Waals surface area contributed by atoms with E-state index in [0.29, 0.717) is 17.9 Å². The van der Waals surface area contributed by atoms with E-state index in [1.165, 1.54) is 12.5 Å². The van der Waals surface area contributed by atoms with E-state index in [9.17, 15) is 22.8 Å². The highest BCUT2D eigenvalue weighted by atomic mass is 19.4. The van der Waals surface area contributed by atoms with Crippen molar-refractivity contribution in [2.75, 3.05) is 18.0 Å². The predicted molar refractivity (Wildman–Crippen MR) is 90.2 cm³/mol. The SMILES string of the molecule is CC1(C)CN(c2cc(C(F)(F)F)cc3cncn23)CC[C@]12NC(=O)NC2=O. The van der Waals surface area contributed by atoms with Crippen LogP contribution in [0.5, 0.6) is 0 Å². The Hall–Kier alpha value is -2.78. The first-order valence-corrected chi connectivity index (χ1v) is 8.45. The molecule has 10 heteroatoms. The number of aromatic nitrogens is 2. The van der Waals surface area contributed by atoms with Crippen molar-refractivity contribution >= 4 is 23.3 Å². The van der Waals surface area contributed by atoms with Gasteiger partial charge in [-0.2, -0.15) is 13.2 Å². The molecule has 0 unspecified atom stereocenters. The van der Waals surface area contributed by atoms with Gasteiger partial charge in [0.15, 0.2) is 0 Å². The van der Waals surface area contributed by atoms with Crippen LogP contribution in [0.4, 0.5) is 23.8 Å². The summed E-state index contributed by atoms with van der Waals surface area (Å²) in [6.45, 7) is 4.24. The fourth-order valence-electron chi connectivity index (χ4n) is 4.09. The third-order valence-corrected chi connectivity index (χ3v) is 5.59. The number of carbonyl (C=O) groups is 2. The molecule has 3 amide bonds. The van der Waals surface area contributed by atoms with Crippen LogP contribution in [-0.4, -0.2) is 40.0 Å². The van der Waals surface area contributed by atoms with Crippen LogP contribution in [0.1, 0.15) is 25.8 Å². The number of anilines is 1. The second kappa shape index (κ2) is 5.37. The van der Waals surface area contributed by atoms with E-state index in [2.05, 4.69) is 15.6 Å². The molecular formula is C17H18F3N5O2. The van der Waals surface area contributed by atoms with Gasteiger partial charge in [-0.15, -0.1) is 0 Å². The molecule has 1 spiro atoms. The molecule has 0 aromatic carbocycles. The number of carbonyl (C=O) groups excluding carboxylic acids is 2. The van der Waals surface area contributed by atoms with Crippen molar-refractivity contribution in [3.8, 4) is 0 Å². The van der Waals surface area contributed by atoms with Crippen LogP contribution >= 0.6 is 0 Å². The number of piperidine rings is 1. The van der Waals surface area contributed by atoms with Gasteiger partial charge in [0.1, 0.15) is 17.7 Å². The predicted octanol–water partition coefficient (Wildman–Crippen LogP) is 2.17. The maximum atomic E-state index is 13.3. The lowest BCUT2D eigenvalue weighted by Gasteiger charge is -2.50. The van der Waals surface area contributed by atoms with Gasteiger partial charge in [-0.05, 0) is 18.6 Å². The molecule has 0 bridgehead atoms. The first-order valence-electron chi connectivity index (χ1n) is 8.45. The standard InChI is InChI=1S/C17H18F3N5O2/c1-15(2)8-24(4-3-16(15)13(26)22-14(27)23-16)12-6-10(17(18,19)20)5-11-7-21-9-25(11)12/h5-7,9H,3-4,8H2,1-2H3,(H2,22,23,26,27)/t16-/m1/s1. The van der Waals surface area contributed by atoms with Gasteiger partial charge >= 0.3 is 12.2 Å². The minimum absolute atomic E-state index is 0.282. The van der Waals surface area contributed by atoms with Crippen LogP contribution in [-0.2, 0) is 11.0 Å². The van der Waals surface area contributed by atoms with E-state index < -0.39 is 34.6 Å². The maximum Gasteiger partial charge on any atom is 0.416 e. The quantitative estimate of drug-likeness (QED) is 0.742. The van der Waals surface area contributed by atoms with Gasteiger partial charge in [-0.3, -0.25) is 14.5 Å². The van der Waals surface area contributed by atoms with Crippen LogP contribution in [0.3, 0.4) is 0 Å². The second-order valence-corrected chi connectivity index (χ2v) is 7.66. The van der Waals surface area contributed by atoms with Crippen molar-refractivity contribution < 1.29 is 22.8 Å². The molecule has 7 nitrogen and oxygen atoms in total. The molecule has 2 aromatic rings. The number of amides is 3. The summed E-state index contributed by atoms with van der Waals surface area (Å²) in [6, 6.07) is 1.60. The molecule has 4 rings (SSSR count). The Morgan fingerprint density at radius 2 is 1.96 bits per heavy atom. The van der Waals surface area contributed by atoms with Gasteiger partial charge in [0.05, 0.1) is 17.3 Å². The number of imidazole rings is 1. The van der Waals surface area contributed by atoms with E-state index in [1.54, 1.807) is 9.30 Å². The lowest BCUT2D eigenvalue weighted by atomic mass is 9.67. The summed E-state index contributed by atoms with van der Waals surface area (Å²) in [4.78, 5) is 29.8. The number of pyridine rings is 1. The maximum absolute atomic E-state index is 13.3. The molecule has 2 aliphatic heterocycles. The molecule has 0 radical (unpaired) electrons. The fourth-order valence-corrected chi connectivity index (χ4v) is 4.09. The zero-order valence-corrected chi connectivity index (χ0v) is 14.7. The molecule has 2 aromatic heterocycles. The molecule has 2 saturated heterocycles. The van der Waals surface area contributed by atoms with E-state index in [1.807, 2.05) is 13.8 Å². The zero-order valence-electron chi connectivity index (χ0n) is 14.7. The van der Waals surface area contributed by atoms with E-state index in [0.717, 1.165) is 12.1 Å². The minimum atomic E-state index is -4.48. The highest BCUT2D eigenvalue weighted by Crippen LogP contribution is 2.42. The van der Waals surface area contributed by atoms with Crippen molar-refractivity contribution in [1.29, 1.82) is 0 Å². The molecule has 2 fully saturated rings. The number of alkyl halides is 3. The topological polar surface area (TPSA) is 78.7 Å². The van der Waals surface area contributed by atoms with Crippen LogP contribution in [0.25, 0.3) is 5.52 Å². The molecule has 2 aliphatic rings. The highest BCUT2D eigenvalue weighted by Gasteiger charge is 2.58. The Bertz CT molecular complexity index is 952. The summed E-state index contributed by atoms with van der Waals surface area (Å²) in [5, 5.41) is 4.99. The Balaban J connectivity index is 1.75. The van der Waals surface area contributed by atoms with Crippen LogP contribution in [0.2, 0.25) is 0 Å². The van der Waals surface area contributed by atoms with E-state index in [4.69, 9.17) is 0 Å². The average molecular weight is 381 g/mol. The third-order valence-electron chi connectivity index (χ3n) is 5.59. The molecule has 0 saturated carbocycles. The van der Waals surface area contributed by atoms with E-state index >= 15 is 0 Å². The Kier molecular flexibility index (Phi) is 3.50. The number of hydrogen-bond acceptors (Lipinski definition) is 4. The molecule has 0 aliphatic carbocycles. The molecule has 2 N–H and O–H groups in total. The molecular weight excluding hydrogens is 363 g/mol. The van der Waals surface area contributed by atoms with Crippen LogP contribution < -0.4 is 15.5 Å². The van der Waals surface area contributed by atoms with E-state index in [-0.39, 0.29) is 13.0 Å². The summed E-state index contributed by atoms with van der Waals surface area (Å²) < 4.78 is 41.5. The van der Waals surface area contributed by atoms with Gasteiger partial charge < -0.3 is 10.2 Å². The van der Waals surface area contributed by atoms with Crippen molar-refractivity contribution in [3.63, 3.8) is 0 Å². The van der Waals surface area contributed by atoms with Crippen molar-refractivity contribution in [3.05, 3.63) is 30.2 Å². The lowest BCUT2D eigenvalue weighted by molar-refractivity contribution is -0.137. The Morgan fingerprint density at radius 3 is 2.56 bits per heavy atom. The summed E-state index contributed by atoms with van der Waals surface area (Å²) in [5.41, 5.74) is -2.20. The number of imide groups is 1. The molecule has 4 heterocycles. The summed E-state index contributed by atoms with van der Waals surface area (Å²) in [5.74, 6) is -0.0426. The number of nitrogens with one attached hydrogen (secondary N) is 2. The second-order valence-electron chi connectivity index (χ2n) is 7.66. The lowest BCUT2D eigenvalue weighted by Crippen LogP contribution is -2.66. The molecule has 27 heavy (non-hydrogen) atoms. The summed E-state index contributed by atoms with van der Waals surface area (Å²) in [6.07, 6.45) is -1.36. The number of fused-ring (bicyclic) bond motifs is 1. The molecule has 1 atom stereocenters. The normalized spacial score (nSPS) is 25.1. The van der Waals surface area contributed by atoms with Crippen molar-refractivity contribution in [1.82, 2.24) is 20.0 Å². The monoisotopic (exact) mass is 381 g/mol. The number of nitrogens with zero attached hydrogens (tertiary/aromatic N) is 3.